The highest BCUT2D eigenvalue weighted by Gasteiger charge is 2.47. The third-order valence-electron chi connectivity index (χ3n) is 5.81. The quantitative estimate of drug-likeness (QED) is 0.756. The first-order valence-electron chi connectivity index (χ1n) is 9.27. The summed E-state index contributed by atoms with van der Waals surface area (Å²) in [4.78, 5) is 32.4. The summed E-state index contributed by atoms with van der Waals surface area (Å²) in [6.45, 7) is 2.46. The number of amides is 1. The van der Waals surface area contributed by atoms with E-state index in [0.29, 0.717) is 24.0 Å². The van der Waals surface area contributed by atoms with Crippen LogP contribution in [0.2, 0.25) is 0 Å². The molecule has 6 heteroatoms. The van der Waals surface area contributed by atoms with Crippen LogP contribution in [0, 0.1) is 11.8 Å². The van der Waals surface area contributed by atoms with Gasteiger partial charge in [0.15, 0.2) is 0 Å². The largest absolute Gasteiger partial charge is 0.331 e. The second kappa shape index (κ2) is 6.32. The molecular weight excluding hydrogens is 340 g/mol. The molecule has 6 nitrogen and oxygen atoms in total. The van der Waals surface area contributed by atoms with Crippen LogP contribution in [-0.2, 0) is 0 Å². The number of fused-ring (bicyclic) bond motifs is 2. The Morgan fingerprint density at radius 2 is 1.89 bits per heavy atom. The van der Waals surface area contributed by atoms with Crippen LogP contribution in [-0.4, -0.2) is 39.8 Å². The van der Waals surface area contributed by atoms with Crippen molar-refractivity contribution in [1.82, 2.24) is 19.6 Å². The molecule has 5 rings (SSSR count). The number of rotatable bonds is 2. The Labute approximate surface area is 156 Å². The minimum absolute atomic E-state index is 0.0189. The normalized spacial score (nSPS) is 24.3. The van der Waals surface area contributed by atoms with E-state index in [0.717, 1.165) is 18.7 Å². The topological polar surface area (TPSA) is 66.7 Å². The predicted octanol–water partition coefficient (Wildman–Crippen LogP) is 1.73. The number of benzene rings is 1. The van der Waals surface area contributed by atoms with Crippen LogP contribution < -0.4 is 10.9 Å². The van der Waals surface area contributed by atoms with E-state index < -0.39 is 0 Å². The Hall–Kier alpha value is -2.99. The van der Waals surface area contributed by atoms with E-state index in [2.05, 4.69) is 22.4 Å². The van der Waals surface area contributed by atoms with Gasteiger partial charge in [-0.3, -0.25) is 14.0 Å². The Kier molecular flexibility index (Phi) is 3.79. The van der Waals surface area contributed by atoms with Crippen molar-refractivity contribution < 1.29 is 4.79 Å². The second-order valence-corrected chi connectivity index (χ2v) is 7.30. The molecule has 2 saturated heterocycles. The average Bonchev–Trinajstić information content (AvgIpc) is 3.30. The van der Waals surface area contributed by atoms with Crippen LogP contribution in [0.1, 0.15) is 22.0 Å². The van der Waals surface area contributed by atoms with Gasteiger partial charge in [-0.25, -0.2) is 4.98 Å². The lowest BCUT2D eigenvalue weighted by Gasteiger charge is -2.28. The molecule has 0 radical (unpaired) electrons. The zero-order valence-electron chi connectivity index (χ0n) is 14.8. The zero-order chi connectivity index (χ0) is 18.4. The van der Waals surface area contributed by atoms with Crippen molar-refractivity contribution in [3.63, 3.8) is 0 Å². The van der Waals surface area contributed by atoms with E-state index in [1.165, 1.54) is 10.6 Å². The average molecular weight is 360 g/mol. The molecule has 2 aromatic heterocycles. The summed E-state index contributed by atoms with van der Waals surface area (Å²) >= 11 is 0. The van der Waals surface area contributed by atoms with Gasteiger partial charge in [0.1, 0.15) is 11.2 Å². The highest BCUT2D eigenvalue weighted by atomic mass is 16.2. The predicted molar refractivity (Wildman–Crippen MR) is 102 cm³/mol. The van der Waals surface area contributed by atoms with E-state index in [9.17, 15) is 9.59 Å². The van der Waals surface area contributed by atoms with Gasteiger partial charge >= 0.3 is 0 Å². The number of nitrogens with zero attached hydrogens (tertiary/aromatic N) is 3. The Bertz CT molecular complexity index is 1060. The molecule has 2 fully saturated rings. The number of carbonyl (C=O) groups excluding carboxylic acids is 1. The number of likely N-dealkylation sites (tertiary alicyclic amines) is 1. The molecule has 0 spiro atoms. The molecular formula is C21H20N4O2. The summed E-state index contributed by atoms with van der Waals surface area (Å²) in [7, 11) is 0. The van der Waals surface area contributed by atoms with Crippen LogP contribution >= 0.6 is 0 Å². The Morgan fingerprint density at radius 3 is 2.74 bits per heavy atom. The third-order valence-corrected chi connectivity index (χ3v) is 5.81. The SMILES string of the molecule is O=C(c1cnc2ccccn2c1=O)N1C[C@@H]2CNC[C@@H]2[C@H]1c1ccccc1. The molecule has 2 aliphatic heterocycles. The lowest BCUT2D eigenvalue weighted by atomic mass is 9.89. The highest BCUT2D eigenvalue weighted by Crippen LogP contribution is 2.42. The first-order valence-corrected chi connectivity index (χ1v) is 9.27. The van der Waals surface area contributed by atoms with Crippen molar-refractivity contribution in [3.8, 4) is 0 Å². The van der Waals surface area contributed by atoms with Crippen molar-refractivity contribution in [1.29, 1.82) is 0 Å². The van der Waals surface area contributed by atoms with Crippen molar-refractivity contribution in [2.45, 2.75) is 6.04 Å². The van der Waals surface area contributed by atoms with Crippen molar-refractivity contribution in [3.05, 3.63) is 82.4 Å². The van der Waals surface area contributed by atoms with E-state index in [-0.39, 0.29) is 23.1 Å². The van der Waals surface area contributed by atoms with Gasteiger partial charge in [-0.1, -0.05) is 36.4 Å². The minimum atomic E-state index is -0.312. The number of hydrogen-bond donors (Lipinski definition) is 1. The van der Waals surface area contributed by atoms with Gasteiger partial charge < -0.3 is 10.2 Å². The molecule has 4 heterocycles. The molecule has 3 aromatic rings. The number of pyridine rings is 1. The standard InChI is InChI=1S/C21H20N4O2/c26-20-17(12-23-18-8-4-5-9-24(18)20)21(27)25-13-15-10-22-11-16(15)19(25)14-6-2-1-3-7-14/h1-9,12,15-16,19,22H,10-11,13H2/t15-,16-,19+/m0/s1. The molecule has 3 atom stereocenters. The van der Waals surface area contributed by atoms with Gasteiger partial charge in [0.05, 0.1) is 6.04 Å². The Morgan fingerprint density at radius 1 is 1.07 bits per heavy atom. The van der Waals surface area contributed by atoms with Crippen molar-refractivity contribution in [2.75, 3.05) is 19.6 Å². The van der Waals surface area contributed by atoms with E-state index in [1.54, 1.807) is 18.3 Å². The lowest BCUT2D eigenvalue weighted by molar-refractivity contribution is 0.0711. The molecule has 27 heavy (non-hydrogen) atoms. The molecule has 0 saturated carbocycles. The zero-order valence-corrected chi connectivity index (χ0v) is 14.8. The molecule has 1 amide bonds. The molecule has 1 N–H and O–H groups in total. The molecule has 1 aromatic carbocycles. The number of aromatic nitrogens is 2. The molecule has 0 aliphatic carbocycles. The maximum absolute atomic E-state index is 13.4. The highest BCUT2D eigenvalue weighted by molar-refractivity contribution is 5.94. The smallest absolute Gasteiger partial charge is 0.270 e. The van der Waals surface area contributed by atoms with Crippen LogP contribution in [0.4, 0.5) is 0 Å². The monoisotopic (exact) mass is 360 g/mol. The second-order valence-electron chi connectivity index (χ2n) is 7.30. The Balaban J connectivity index is 1.58. The molecule has 2 aliphatic rings. The summed E-state index contributed by atoms with van der Waals surface area (Å²) in [5, 5.41) is 3.44. The third kappa shape index (κ3) is 2.56. The number of carbonyl (C=O) groups is 1. The van der Waals surface area contributed by atoms with Gasteiger partial charge in [-0.15, -0.1) is 0 Å². The van der Waals surface area contributed by atoms with Gasteiger partial charge in [0.25, 0.3) is 11.5 Å². The fourth-order valence-electron chi connectivity index (χ4n) is 4.53. The minimum Gasteiger partial charge on any atom is -0.331 e. The maximum Gasteiger partial charge on any atom is 0.270 e. The summed E-state index contributed by atoms with van der Waals surface area (Å²) in [5.41, 5.74) is 1.48. The summed E-state index contributed by atoms with van der Waals surface area (Å²) in [5.74, 6) is 0.553. The molecule has 0 bridgehead atoms. The van der Waals surface area contributed by atoms with E-state index >= 15 is 0 Å². The van der Waals surface area contributed by atoms with Gasteiger partial charge in [-0.2, -0.15) is 0 Å². The first-order chi connectivity index (χ1) is 13.2. The fraction of sp³-hybridized carbons (Fsp3) is 0.286. The van der Waals surface area contributed by atoms with Crippen molar-refractivity contribution in [2.24, 2.45) is 11.8 Å². The van der Waals surface area contributed by atoms with Crippen molar-refractivity contribution >= 4 is 11.6 Å². The van der Waals surface area contributed by atoms with Crippen LogP contribution in [0.25, 0.3) is 5.65 Å². The van der Waals surface area contributed by atoms with E-state index in [1.807, 2.05) is 29.2 Å². The number of nitrogens with one attached hydrogen (secondary N) is 1. The molecule has 136 valence electrons. The van der Waals surface area contributed by atoms with Crippen LogP contribution in [0.15, 0.2) is 65.7 Å². The first kappa shape index (κ1) is 16.2. The van der Waals surface area contributed by atoms with Gasteiger partial charge in [0.2, 0.25) is 0 Å². The maximum atomic E-state index is 13.4. The van der Waals surface area contributed by atoms with Gasteiger partial charge in [0, 0.05) is 37.9 Å². The summed E-state index contributed by atoms with van der Waals surface area (Å²) in [6.07, 6.45) is 3.08. The summed E-state index contributed by atoms with van der Waals surface area (Å²) < 4.78 is 1.43. The lowest BCUT2D eigenvalue weighted by Crippen LogP contribution is -2.38. The van der Waals surface area contributed by atoms with Crippen LogP contribution in [0.5, 0.6) is 0 Å². The summed E-state index contributed by atoms with van der Waals surface area (Å²) in [6, 6.07) is 15.4. The van der Waals surface area contributed by atoms with Crippen LogP contribution in [0.3, 0.4) is 0 Å². The van der Waals surface area contributed by atoms with Gasteiger partial charge in [-0.05, 0) is 23.6 Å². The number of hydrogen-bond acceptors (Lipinski definition) is 4. The van der Waals surface area contributed by atoms with E-state index in [4.69, 9.17) is 0 Å². The molecule has 0 unspecified atom stereocenters. The fourth-order valence-corrected chi connectivity index (χ4v) is 4.53.